The molecule has 0 heterocycles. The maximum atomic E-state index is 11.2. The molecule has 0 unspecified atom stereocenters. The highest BCUT2D eigenvalue weighted by molar-refractivity contribution is 5.82. The molecule has 0 aliphatic rings. The van der Waals surface area contributed by atoms with Crippen LogP contribution in [0, 0.1) is 0 Å². The van der Waals surface area contributed by atoms with Crippen molar-refractivity contribution in [2.45, 2.75) is 46.0 Å². The van der Waals surface area contributed by atoms with Crippen molar-refractivity contribution in [3.8, 4) is 0 Å². The molecule has 0 saturated heterocycles. The Morgan fingerprint density at radius 3 is 2.35 bits per heavy atom. The fraction of sp³-hybridized carbons (Fsp3) is 0.688. The lowest BCUT2D eigenvalue weighted by atomic mass is 9.98. The summed E-state index contributed by atoms with van der Waals surface area (Å²) < 4.78 is 15.0. The zero-order chi connectivity index (χ0) is 15.2. The van der Waals surface area contributed by atoms with Gasteiger partial charge in [0.25, 0.3) is 0 Å². The first-order valence-electron chi connectivity index (χ1n) is 7.23. The molecule has 20 heavy (non-hydrogen) atoms. The van der Waals surface area contributed by atoms with Crippen LogP contribution in [0.3, 0.4) is 0 Å². The predicted molar refractivity (Wildman–Crippen MR) is 80.4 cm³/mol. The van der Waals surface area contributed by atoms with Gasteiger partial charge in [-0.15, -0.1) is 0 Å². The van der Waals surface area contributed by atoms with E-state index in [-0.39, 0.29) is 12.8 Å². The molecular formula is C16H28O4. The van der Waals surface area contributed by atoms with Crippen molar-refractivity contribution in [3.05, 3.63) is 23.3 Å². The van der Waals surface area contributed by atoms with E-state index in [0.29, 0.717) is 6.61 Å². The summed E-state index contributed by atoms with van der Waals surface area (Å²) in [6.07, 6.45) is 8.71. The number of hydrogen-bond donors (Lipinski definition) is 0. The van der Waals surface area contributed by atoms with Crippen molar-refractivity contribution in [2.24, 2.45) is 0 Å². The summed E-state index contributed by atoms with van der Waals surface area (Å²) in [7, 11) is 2.97. The lowest BCUT2D eigenvalue weighted by Gasteiger charge is -2.12. The molecule has 0 aliphatic carbocycles. The van der Waals surface area contributed by atoms with E-state index in [9.17, 15) is 4.79 Å². The topological polar surface area (TPSA) is 44.8 Å². The largest absolute Gasteiger partial charge is 0.466 e. The molecule has 116 valence electrons. The van der Waals surface area contributed by atoms with Gasteiger partial charge in [-0.25, -0.2) is 4.79 Å². The second-order valence-corrected chi connectivity index (χ2v) is 4.59. The second kappa shape index (κ2) is 12.9. The van der Waals surface area contributed by atoms with Gasteiger partial charge in [0.1, 0.15) is 6.79 Å². The summed E-state index contributed by atoms with van der Waals surface area (Å²) in [6.45, 7) is 5.04. The third-order valence-corrected chi connectivity index (χ3v) is 2.92. The highest BCUT2D eigenvalue weighted by Crippen LogP contribution is 2.20. The summed E-state index contributed by atoms with van der Waals surface area (Å²) in [6, 6.07) is 0. The Balaban J connectivity index is 4.95. The van der Waals surface area contributed by atoms with Gasteiger partial charge in [-0.05, 0) is 30.9 Å². The fourth-order valence-corrected chi connectivity index (χ4v) is 1.88. The summed E-state index contributed by atoms with van der Waals surface area (Å²) in [5.74, 6) is -0.347. The first-order chi connectivity index (χ1) is 9.69. The van der Waals surface area contributed by atoms with Crippen LogP contribution in [0.15, 0.2) is 23.3 Å². The fourth-order valence-electron chi connectivity index (χ4n) is 1.88. The first-order valence-corrected chi connectivity index (χ1v) is 7.23. The molecule has 0 N–H and O–H groups in total. The van der Waals surface area contributed by atoms with E-state index in [1.54, 1.807) is 7.11 Å². The number of unbranched alkanes of at least 4 members (excludes halogenated alkanes) is 1. The maximum Gasteiger partial charge on any atom is 0.330 e. The standard InChI is InChI=1S/C16H28O4/c1-5-7-9-14(8-6-2)15(12-20-13-18-3)10-11-16(17)19-4/h10-11H,5-9,12-13H2,1-4H3/b11-10+,15-14+. The van der Waals surface area contributed by atoms with Gasteiger partial charge < -0.3 is 14.2 Å². The normalized spacial score (nSPS) is 12.6. The van der Waals surface area contributed by atoms with E-state index in [2.05, 4.69) is 18.6 Å². The second-order valence-electron chi connectivity index (χ2n) is 4.59. The van der Waals surface area contributed by atoms with Gasteiger partial charge >= 0.3 is 5.97 Å². The number of esters is 1. The van der Waals surface area contributed by atoms with Crippen molar-refractivity contribution < 1.29 is 19.0 Å². The number of hydrogen-bond acceptors (Lipinski definition) is 4. The van der Waals surface area contributed by atoms with Crippen LogP contribution in [-0.4, -0.2) is 33.6 Å². The van der Waals surface area contributed by atoms with Crippen molar-refractivity contribution >= 4 is 5.97 Å². The number of carbonyl (C=O) groups excluding carboxylic acids is 1. The Bertz CT molecular complexity index is 318. The summed E-state index contributed by atoms with van der Waals surface area (Å²) in [5, 5.41) is 0. The van der Waals surface area contributed by atoms with Gasteiger partial charge in [0.05, 0.1) is 13.7 Å². The van der Waals surface area contributed by atoms with Gasteiger partial charge in [0.15, 0.2) is 0 Å². The third-order valence-electron chi connectivity index (χ3n) is 2.92. The van der Waals surface area contributed by atoms with Crippen LogP contribution in [0.4, 0.5) is 0 Å². The molecule has 0 atom stereocenters. The average molecular weight is 284 g/mol. The van der Waals surface area contributed by atoms with E-state index >= 15 is 0 Å². The molecule has 0 aromatic carbocycles. The molecule has 0 radical (unpaired) electrons. The molecular weight excluding hydrogens is 256 g/mol. The molecule has 0 aromatic rings. The molecule has 0 bridgehead atoms. The van der Waals surface area contributed by atoms with E-state index in [4.69, 9.17) is 9.47 Å². The quantitative estimate of drug-likeness (QED) is 0.191. The minimum atomic E-state index is -0.347. The highest BCUT2D eigenvalue weighted by atomic mass is 16.7. The van der Waals surface area contributed by atoms with Crippen molar-refractivity contribution in [1.82, 2.24) is 0 Å². The number of methoxy groups -OCH3 is 2. The van der Waals surface area contributed by atoms with Crippen LogP contribution >= 0.6 is 0 Å². The van der Waals surface area contributed by atoms with Crippen LogP contribution in [-0.2, 0) is 19.0 Å². The number of rotatable bonds is 11. The van der Waals surface area contributed by atoms with Gasteiger partial charge in [0.2, 0.25) is 0 Å². The van der Waals surface area contributed by atoms with Crippen LogP contribution in [0.25, 0.3) is 0 Å². The Hall–Kier alpha value is -1.13. The Labute approximate surface area is 122 Å². The highest BCUT2D eigenvalue weighted by Gasteiger charge is 2.05. The van der Waals surface area contributed by atoms with Crippen LogP contribution < -0.4 is 0 Å². The molecule has 4 heteroatoms. The number of ether oxygens (including phenoxy) is 3. The molecule has 0 spiro atoms. The third kappa shape index (κ3) is 8.88. The molecule has 0 amide bonds. The molecule has 4 nitrogen and oxygen atoms in total. The van der Waals surface area contributed by atoms with Gasteiger partial charge in [-0.2, -0.15) is 0 Å². The molecule has 0 aromatic heterocycles. The Morgan fingerprint density at radius 2 is 1.80 bits per heavy atom. The SMILES string of the molecule is CCCC/C(CCC)=C(\C=C\C(=O)OC)COCOC. The summed E-state index contributed by atoms with van der Waals surface area (Å²) in [5.41, 5.74) is 2.41. The Kier molecular flexibility index (Phi) is 12.2. The number of allylic oxidation sites excluding steroid dienone is 1. The lowest BCUT2D eigenvalue weighted by Crippen LogP contribution is -2.04. The minimum Gasteiger partial charge on any atom is -0.466 e. The molecule has 0 rings (SSSR count). The molecule has 0 aliphatic heterocycles. The summed E-state index contributed by atoms with van der Waals surface area (Å²) in [4.78, 5) is 11.2. The first kappa shape index (κ1) is 18.9. The zero-order valence-electron chi connectivity index (χ0n) is 13.2. The van der Waals surface area contributed by atoms with Gasteiger partial charge in [-0.3, -0.25) is 0 Å². The van der Waals surface area contributed by atoms with Gasteiger partial charge in [-0.1, -0.05) is 32.3 Å². The summed E-state index contributed by atoms with van der Waals surface area (Å²) >= 11 is 0. The average Bonchev–Trinajstić information content (AvgIpc) is 2.47. The van der Waals surface area contributed by atoms with Crippen molar-refractivity contribution in [1.29, 1.82) is 0 Å². The van der Waals surface area contributed by atoms with E-state index < -0.39 is 0 Å². The van der Waals surface area contributed by atoms with Gasteiger partial charge in [0, 0.05) is 13.2 Å². The van der Waals surface area contributed by atoms with E-state index in [1.807, 2.05) is 6.08 Å². The minimum absolute atomic E-state index is 0.253. The zero-order valence-corrected chi connectivity index (χ0v) is 13.2. The lowest BCUT2D eigenvalue weighted by molar-refractivity contribution is -0.134. The monoisotopic (exact) mass is 284 g/mol. The predicted octanol–water partition coefficient (Wildman–Crippen LogP) is 3.62. The van der Waals surface area contributed by atoms with Crippen LogP contribution in [0.5, 0.6) is 0 Å². The van der Waals surface area contributed by atoms with E-state index in [1.165, 1.54) is 18.8 Å². The van der Waals surface area contributed by atoms with Crippen molar-refractivity contribution in [3.63, 3.8) is 0 Å². The maximum absolute atomic E-state index is 11.2. The molecule has 0 fully saturated rings. The van der Waals surface area contributed by atoms with Crippen LogP contribution in [0.2, 0.25) is 0 Å². The van der Waals surface area contributed by atoms with Crippen molar-refractivity contribution in [2.75, 3.05) is 27.6 Å². The number of carbonyl (C=O) groups is 1. The van der Waals surface area contributed by atoms with Crippen LogP contribution in [0.1, 0.15) is 46.0 Å². The molecule has 0 saturated carbocycles. The smallest absolute Gasteiger partial charge is 0.330 e. The Morgan fingerprint density at radius 1 is 1.05 bits per heavy atom. The van der Waals surface area contributed by atoms with E-state index in [0.717, 1.165) is 37.7 Å².